The summed E-state index contributed by atoms with van der Waals surface area (Å²) in [5, 5.41) is 7.88. The summed E-state index contributed by atoms with van der Waals surface area (Å²) in [6.45, 7) is 6.46. The van der Waals surface area contributed by atoms with E-state index in [4.69, 9.17) is 21.1 Å². The van der Waals surface area contributed by atoms with Crippen LogP contribution in [0.25, 0.3) is 5.69 Å². The number of amides is 1. The topological polar surface area (TPSA) is 85.7 Å². The van der Waals surface area contributed by atoms with Crippen molar-refractivity contribution >= 4 is 34.9 Å². The van der Waals surface area contributed by atoms with E-state index in [1.165, 1.54) is 7.11 Å². The molecule has 9 heteroatoms. The third kappa shape index (κ3) is 4.72. The van der Waals surface area contributed by atoms with Crippen molar-refractivity contribution in [3.63, 3.8) is 0 Å². The lowest BCUT2D eigenvalue weighted by molar-refractivity contribution is 0.0602. The Labute approximate surface area is 197 Å². The van der Waals surface area contributed by atoms with Crippen molar-refractivity contribution in [2.45, 2.75) is 13.8 Å². The van der Waals surface area contributed by atoms with Gasteiger partial charge in [0.2, 0.25) is 0 Å². The number of aryl methyl sites for hydroxylation is 1. The normalized spacial score (nSPS) is 13.6. The van der Waals surface area contributed by atoms with Gasteiger partial charge in [0, 0.05) is 24.3 Å². The second-order valence-corrected chi connectivity index (χ2v) is 8.10. The van der Waals surface area contributed by atoms with Crippen LogP contribution < -0.4 is 10.2 Å². The molecule has 0 radical (unpaired) electrons. The lowest BCUT2D eigenvalue weighted by atomic mass is 10.1. The zero-order chi connectivity index (χ0) is 23.5. The van der Waals surface area contributed by atoms with Crippen LogP contribution in [0, 0.1) is 13.8 Å². The average Bonchev–Trinajstić information content (AvgIpc) is 3.11. The van der Waals surface area contributed by atoms with E-state index >= 15 is 0 Å². The largest absolute Gasteiger partial charge is 0.465 e. The molecule has 3 aromatic rings. The number of hydrogen-bond acceptors (Lipinski definition) is 6. The third-order valence-electron chi connectivity index (χ3n) is 5.61. The van der Waals surface area contributed by atoms with E-state index in [-0.39, 0.29) is 5.91 Å². The highest BCUT2D eigenvalue weighted by Gasteiger charge is 2.19. The quantitative estimate of drug-likeness (QED) is 0.569. The molecule has 33 heavy (non-hydrogen) atoms. The van der Waals surface area contributed by atoms with Gasteiger partial charge in [0.25, 0.3) is 5.91 Å². The number of esters is 1. The number of methoxy groups -OCH3 is 1. The summed E-state index contributed by atoms with van der Waals surface area (Å²) < 4.78 is 12.1. The molecule has 0 bridgehead atoms. The molecule has 1 N–H and O–H groups in total. The Hall–Kier alpha value is -3.36. The number of carbonyl (C=O) groups excluding carboxylic acids is 2. The molecule has 0 aliphatic carbocycles. The van der Waals surface area contributed by atoms with Crippen LogP contribution in [0.1, 0.15) is 32.1 Å². The van der Waals surface area contributed by atoms with Crippen LogP contribution in [0.15, 0.2) is 42.5 Å². The van der Waals surface area contributed by atoms with Crippen molar-refractivity contribution in [2.24, 2.45) is 0 Å². The second kappa shape index (κ2) is 9.64. The Kier molecular flexibility index (Phi) is 6.67. The minimum absolute atomic E-state index is 0.295. The summed E-state index contributed by atoms with van der Waals surface area (Å²) in [7, 11) is 1.32. The lowest BCUT2D eigenvalue weighted by Crippen LogP contribution is -2.36. The van der Waals surface area contributed by atoms with Crippen molar-refractivity contribution in [2.75, 3.05) is 43.6 Å². The Morgan fingerprint density at radius 3 is 2.33 bits per heavy atom. The fraction of sp³-hybridized carbons (Fsp3) is 0.292. The Balaban J connectivity index is 1.56. The molecule has 172 valence electrons. The van der Waals surface area contributed by atoms with Gasteiger partial charge in [0.05, 0.1) is 53.7 Å². The van der Waals surface area contributed by atoms with Gasteiger partial charge >= 0.3 is 5.97 Å². The highest BCUT2D eigenvalue weighted by Crippen LogP contribution is 2.26. The number of ether oxygens (including phenoxy) is 2. The molecule has 4 rings (SSSR count). The van der Waals surface area contributed by atoms with Crippen LogP contribution in [0.4, 0.5) is 11.4 Å². The summed E-state index contributed by atoms with van der Waals surface area (Å²) in [5.74, 6) is -0.852. The fourth-order valence-corrected chi connectivity index (χ4v) is 3.88. The van der Waals surface area contributed by atoms with Crippen molar-refractivity contribution in [1.29, 1.82) is 0 Å². The van der Waals surface area contributed by atoms with Crippen LogP contribution in [-0.2, 0) is 9.47 Å². The maximum atomic E-state index is 12.9. The van der Waals surface area contributed by atoms with Gasteiger partial charge in [-0.05, 0) is 56.3 Å². The number of carbonyl (C=O) groups is 2. The van der Waals surface area contributed by atoms with Crippen LogP contribution in [-0.4, -0.2) is 55.1 Å². The number of nitrogens with zero attached hydrogens (tertiary/aromatic N) is 3. The number of morpholine rings is 1. The van der Waals surface area contributed by atoms with Gasteiger partial charge in [-0.3, -0.25) is 4.79 Å². The van der Waals surface area contributed by atoms with Gasteiger partial charge in [-0.15, -0.1) is 0 Å². The first kappa shape index (κ1) is 22.8. The standard InChI is InChI=1S/C24H25ClN4O4/c1-15-22(25)16(2)29(27-15)18-6-4-17(5-7-18)23(30)26-21-9-8-19(14-20(21)24(31)32-3)28-10-12-33-13-11-28/h4-9,14H,10-13H2,1-3H3,(H,26,30). The molecule has 0 atom stereocenters. The minimum atomic E-state index is -0.517. The van der Waals surface area contributed by atoms with Crippen LogP contribution in [0.2, 0.25) is 5.02 Å². The lowest BCUT2D eigenvalue weighted by Gasteiger charge is -2.29. The average molecular weight is 469 g/mol. The summed E-state index contributed by atoms with van der Waals surface area (Å²) in [6, 6.07) is 12.3. The van der Waals surface area contributed by atoms with Gasteiger partial charge in [0.15, 0.2) is 0 Å². The first-order valence-electron chi connectivity index (χ1n) is 10.6. The molecule has 1 amide bonds. The zero-order valence-corrected chi connectivity index (χ0v) is 19.5. The molecule has 1 aromatic heterocycles. The maximum absolute atomic E-state index is 12.9. The predicted octanol–water partition coefficient (Wildman–Crippen LogP) is 4.02. The number of nitrogens with one attached hydrogen (secondary N) is 1. The summed E-state index contributed by atoms with van der Waals surface area (Å²) in [6.07, 6.45) is 0. The molecular weight excluding hydrogens is 444 g/mol. The molecule has 0 unspecified atom stereocenters. The van der Waals surface area contributed by atoms with Gasteiger partial charge in [-0.1, -0.05) is 11.6 Å². The molecule has 1 saturated heterocycles. The molecule has 2 aromatic carbocycles. The van der Waals surface area contributed by atoms with Crippen LogP contribution in [0.5, 0.6) is 0 Å². The van der Waals surface area contributed by atoms with Crippen molar-refractivity contribution in [3.8, 4) is 5.69 Å². The molecule has 0 spiro atoms. The van der Waals surface area contributed by atoms with Gasteiger partial charge in [-0.2, -0.15) is 5.10 Å². The van der Waals surface area contributed by atoms with Crippen LogP contribution in [0.3, 0.4) is 0 Å². The van der Waals surface area contributed by atoms with E-state index in [0.29, 0.717) is 35.1 Å². The zero-order valence-electron chi connectivity index (χ0n) is 18.7. The Bertz CT molecular complexity index is 1180. The van der Waals surface area contributed by atoms with Crippen molar-refractivity contribution in [3.05, 3.63) is 70.0 Å². The minimum Gasteiger partial charge on any atom is -0.465 e. The highest BCUT2D eigenvalue weighted by atomic mass is 35.5. The van der Waals surface area contributed by atoms with Gasteiger partial charge in [0.1, 0.15) is 0 Å². The van der Waals surface area contributed by atoms with Gasteiger partial charge in [-0.25, -0.2) is 9.48 Å². The molecular formula is C24H25ClN4O4. The number of halogens is 1. The van der Waals surface area contributed by atoms with Crippen molar-refractivity contribution < 1.29 is 19.1 Å². The summed E-state index contributed by atoms with van der Waals surface area (Å²) in [5.41, 5.74) is 4.37. The third-order valence-corrected chi connectivity index (χ3v) is 6.16. The predicted molar refractivity (Wildman–Crippen MR) is 127 cm³/mol. The summed E-state index contributed by atoms with van der Waals surface area (Å²) in [4.78, 5) is 27.4. The molecule has 0 saturated carbocycles. The fourth-order valence-electron chi connectivity index (χ4n) is 3.76. The number of benzene rings is 2. The molecule has 2 heterocycles. The first-order chi connectivity index (χ1) is 15.9. The van der Waals surface area contributed by atoms with E-state index < -0.39 is 5.97 Å². The molecule has 1 fully saturated rings. The number of hydrogen-bond donors (Lipinski definition) is 1. The molecule has 1 aliphatic rings. The smallest absolute Gasteiger partial charge is 0.340 e. The first-order valence-corrected chi connectivity index (χ1v) is 11.0. The number of rotatable bonds is 5. The van der Waals surface area contributed by atoms with Crippen LogP contribution >= 0.6 is 11.6 Å². The summed E-state index contributed by atoms with van der Waals surface area (Å²) >= 11 is 6.24. The molecule has 8 nitrogen and oxygen atoms in total. The van der Waals surface area contributed by atoms with Gasteiger partial charge < -0.3 is 19.7 Å². The van der Waals surface area contributed by atoms with E-state index in [0.717, 1.165) is 35.9 Å². The molecule has 1 aliphatic heterocycles. The van der Waals surface area contributed by atoms with E-state index in [2.05, 4.69) is 15.3 Å². The SMILES string of the molecule is COC(=O)c1cc(N2CCOCC2)ccc1NC(=O)c1ccc(-n2nc(C)c(Cl)c2C)cc1. The highest BCUT2D eigenvalue weighted by molar-refractivity contribution is 6.31. The number of anilines is 2. The monoisotopic (exact) mass is 468 g/mol. The van der Waals surface area contributed by atoms with E-state index in [1.54, 1.807) is 41.1 Å². The van der Waals surface area contributed by atoms with Crippen molar-refractivity contribution in [1.82, 2.24) is 9.78 Å². The number of aromatic nitrogens is 2. The Morgan fingerprint density at radius 1 is 1.06 bits per heavy atom. The van der Waals surface area contributed by atoms with E-state index in [9.17, 15) is 9.59 Å². The second-order valence-electron chi connectivity index (χ2n) is 7.72. The maximum Gasteiger partial charge on any atom is 0.340 e. The van der Waals surface area contributed by atoms with E-state index in [1.807, 2.05) is 19.9 Å². The Morgan fingerprint density at radius 2 is 1.73 bits per heavy atom.